The van der Waals surface area contributed by atoms with Gasteiger partial charge in [-0.25, -0.2) is 13.1 Å². The maximum absolute atomic E-state index is 13.7. The second-order valence-electron chi connectivity index (χ2n) is 6.81. The minimum Gasteiger partial charge on any atom is -0.390 e. The van der Waals surface area contributed by atoms with Gasteiger partial charge >= 0.3 is 0 Å². The van der Waals surface area contributed by atoms with Gasteiger partial charge in [-0.3, -0.25) is 4.90 Å². The molecule has 4 nitrogen and oxygen atoms in total. The van der Waals surface area contributed by atoms with E-state index in [-0.39, 0.29) is 11.6 Å². The zero-order valence-corrected chi connectivity index (χ0v) is 15.3. The largest absolute Gasteiger partial charge is 0.390 e. The Labute approximate surface area is 155 Å². The fourth-order valence-corrected chi connectivity index (χ4v) is 4.46. The molecule has 2 heterocycles. The summed E-state index contributed by atoms with van der Waals surface area (Å²) >= 11 is 1.71. The van der Waals surface area contributed by atoms with Gasteiger partial charge in [0.05, 0.1) is 18.5 Å². The van der Waals surface area contributed by atoms with Crippen molar-refractivity contribution in [3.05, 3.63) is 48.0 Å². The van der Waals surface area contributed by atoms with Gasteiger partial charge in [-0.05, 0) is 43.4 Å². The van der Waals surface area contributed by atoms with E-state index in [1.165, 1.54) is 24.3 Å². The number of hydrogen-bond donors (Lipinski definition) is 1. The maximum Gasteiger partial charge on any atom is 0.123 e. The molecule has 4 rings (SSSR count). The van der Waals surface area contributed by atoms with Crippen molar-refractivity contribution < 1.29 is 13.9 Å². The van der Waals surface area contributed by atoms with Crippen LogP contribution in [0.2, 0.25) is 0 Å². The number of aliphatic hydroxyl groups excluding tert-OH is 1. The molecule has 1 aliphatic rings. The topological polar surface area (TPSA) is 31.6 Å². The van der Waals surface area contributed by atoms with Crippen LogP contribution in [0.3, 0.4) is 0 Å². The van der Waals surface area contributed by atoms with Crippen LogP contribution < -0.4 is 0 Å². The van der Waals surface area contributed by atoms with E-state index in [9.17, 15) is 13.9 Å². The fourth-order valence-electron chi connectivity index (χ4n) is 3.48. The third kappa shape index (κ3) is 3.44. The summed E-state index contributed by atoms with van der Waals surface area (Å²) in [6.07, 6.45) is -0.570. The Bertz CT molecular complexity index is 878. The van der Waals surface area contributed by atoms with E-state index < -0.39 is 6.10 Å². The van der Waals surface area contributed by atoms with Gasteiger partial charge in [0.15, 0.2) is 0 Å². The number of hydrogen-bond acceptors (Lipinski definition) is 4. The van der Waals surface area contributed by atoms with Crippen LogP contribution in [-0.2, 0) is 6.54 Å². The maximum atomic E-state index is 13.7. The number of aliphatic hydroxyl groups is 1. The van der Waals surface area contributed by atoms with Gasteiger partial charge in [0.2, 0.25) is 0 Å². The fraction of sp³-hybridized carbons (Fsp3) is 0.368. The highest BCUT2D eigenvalue weighted by atomic mass is 32.2. The van der Waals surface area contributed by atoms with Crippen LogP contribution in [-0.4, -0.2) is 57.5 Å². The predicted molar refractivity (Wildman–Crippen MR) is 102 cm³/mol. The van der Waals surface area contributed by atoms with E-state index in [4.69, 9.17) is 0 Å². The number of likely N-dealkylation sites (N-methyl/N-ethyl adjacent to an activating group) is 1. The zero-order valence-electron chi connectivity index (χ0n) is 14.5. The van der Waals surface area contributed by atoms with Gasteiger partial charge in [-0.1, -0.05) is 11.9 Å². The number of rotatable bonds is 4. The molecule has 138 valence electrons. The van der Waals surface area contributed by atoms with Crippen molar-refractivity contribution in [2.75, 3.05) is 32.6 Å². The number of aromatic nitrogens is 1. The van der Waals surface area contributed by atoms with Gasteiger partial charge < -0.3 is 9.67 Å². The Balaban J connectivity index is 1.64. The molecule has 1 atom stereocenters. The van der Waals surface area contributed by atoms with Gasteiger partial charge in [0.25, 0.3) is 0 Å². The average Bonchev–Trinajstić information content (AvgIpc) is 2.89. The van der Waals surface area contributed by atoms with Crippen molar-refractivity contribution in [2.24, 2.45) is 0 Å². The van der Waals surface area contributed by atoms with E-state index in [1.807, 2.05) is 4.57 Å². The normalized spacial score (nSPS) is 18.0. The minimum absolute atomic E-state index is 0.352. The van der Waals surface area contributed by atoms with Crippen molar-refractivity contribution in [1.29, 1.82) is 0 Å². The molecule has 26 heavy (non-hydrogen) atoms. The number of benzene rings is 2. The van der Waals surface area contributed by atoms with Crippen LogP contribution in [0.15, 0.2) is 36.4 Å². The quantitative estimate of drug-likeness (QED) is 0.707. The summed E-state index contributed by atoms with van der Waals surface area (Å²) in [4.78, 5) is 2.24. The van der Waals surface area contributed by atoms with Crippen molar-refractivity contribution in [1.82, 2.24) is 13.8 Å². The first-order chi connectivity index (χ1) is 12.5. The smallest absolute Gasteiger partial charge is 0.123 e. The van der Waals surface area contributed by atoms with Crippen LogP contribution >= 0.6 is 11.9 Å². The summed E-state index contributed by atoms with van der Waals surface area (Å²) in [5.41, 5.74) is 1.61. The summed E-state index contributed by atoms with van der Waals surface area (Å²) < 4.78 is 31.6. The summed E-state index contributed by atoms with van der Waals surface area (Å²) in [7, 11) is 2.08. The average molecular weight is 377 g/mol. The predicted octanol–water partition coefficient (Wildman–Crippen LogP) is 3.29. The molecule has 2 aromatic carbocycles. The van der Waals surface area contributed by atoms with Crippen molar-refractivity contribution in [3.8, 4) is 0 Å². The van der Waals surface area contributed by atoms with E-state index in [1.54, 1.807) is 24.1 Å². The van der Waals surface area contributed by atoms with Gasteiger partial charge in [-0.15, -0.1) is 0 Å². The Hall–Kier alpha value is -1.67. The molecule has 1 aliphatic heterocycles. The Morgan fingerprint density at radius 1 is 1.00 bits per heavy atom. The molecule has 7 heteroatoms. The molecule has 0 aliphatic carbocycles. The number of nitrogens with zero attached hydrogens (tertiary/aromatic N) is 3. The lowest BCUT2D eigenvalue weighted by Gasteiger charge is -2.32. The first kappa shape index (κ1) is 17.7. The standard InChI is InChI=1S/C19H21F2N3OS/c1-22-6-7-23(26-12-22)10-15(25)11-24-18-4-2-13(20)8-16(18)17-9-14(21)3-5-19(17)24/h2-5,8-9,15,25H,6-7,10-12H2,1H3. The van der Waals surface area contributed by atoms with Crippen LogP contribution in [0.25, 0.3) is 21.8 Å². The molecule has 1 unspecified atom stereocenters. The summed E-state index contributed by atoms with van der Waals surface area (Å²) in [6.45, 7) is 2.82. The minimum atomic E-state index is -0.570. The Morgan fingerprint density at radius 2 is 1.62 bits per heavy atom. The van der Waals surface area contributed by atoms with Crippen molar-refractivity contribution >= 4 is 33.8 Å². The molecule has 0 spiro atoms. The summed E-state index contributed by atoms with van der Waals surface area (Å²) in [5.74, 6) is 0.214. The molecule has 0 radical (unpaired) electrons. The molecule has 1 saturated heterocycles. The number of fused-ring (bicyclic) bond motifs is 3. The lowest BCUT2D eigenvalue weighted by molar-refractivity contribution is 0.128. The molecule has 1 N–H and O–H groups in total. The van der Waals surface area contributed by atoms with Crippen molar-refractivity contribution in [2.45, 2.75) is 12.6 Å². The second-order valence-corrected chi connectivity index (χ2v) is 7.85. The molecule has 1 aromatic heterocycles. The molecular formula is C19H21F2N3OS. The summed E-state index contributed by atoms with van der Waals surface area (Å²) in [6, 6.07) is 9.04. The third-order valence-electron chi connectivity index (χ3n) is 4.79. The Kier molecular flexibility index (Phi) is 4.88. The Morgan fingerprint density at radius 3 is 2.15 bits per heavy atom. The highest BCUT2D eigenvalue weighted by Gasteiger charge is 2.20. The molecule has 0 saturated carbocycles. The van der Waals surface area contributed by atoms with Gasteiger partial charge in [-0.2, -0.15) is 0 Å². The molecule has 1 fully saturated rings. The van der Waals surface area contributed by atoms with E-state index >= 15 is 0 Å². The first-order valence-electron chi connectivity index (χ1n) is 8.63. The van der Waals surface area contributed by atoms with E-state index in [0.29, 0.717) is 23.9 Å². The van der Waals surface area contributed by atoms with E-state index in [2.05, 4.69) is 16.3 Å². The molecular weight excluding hydrogens is 356 g/mol. The van der Waals surface area contributed by atoms with Crippen LogP contribution in [0.1, 0.15) is 0 Å². The number of β-amino-alcohol motifs (C(OH)–C–C–N with tert-alkyl or cyclic N) is 1. The zero-order chi connectivity index (χ0) is 18.3. The molecule has 0 amide bonds. The third-order valence-corrected chi connectivity index (χ3v) is 6.04. The van der Waals surface area contributed by atoms with Gasteiger partial charge in [0, 0.05) is 41.4 Å². The highest BCUT2D eigenvalue weighted by Crippen LogP contribution is 2.30. The number of halogens is 2. The highest BCUT2D eigenvalue weighted by molar-refractivity contribution is 7.97. The van der Waals surface area contributed by atoms with Gasteiger partial charge in [0.1, 0.15) is 11.6 Å². The lowest BCUT2D eigenvalue weighted by atomic mass is 10.1. The van der Waals surface area contributed by atoms with Crippen molar-refractivity contribution in [3.63, 3.8) is 0 Å². The molecule has 3 aromatic rings. The molecule has 0 bridgehead atoms. The first-order valence-corrected chi connectivity index (χ1v) is 9.57. The summed E-state index contributed by atoms with van der Waals surface area (Å²) in [5, 5.41) is 12.0. The van der Waals surface area contributed by atoms with Crippen LogP contribution in [0, 0.1) is 11.6 Å². The second kappa shape index (κ2) is 7.15. The SMILES string of the molecule is CN1CCN(CC(O)Cn2c3ccc(F)cc3c3cc(F)ccc32)SC1. The van der Waals surface area contributed by atoms with E-state index in [0.717, 1.165) is 30.0 Å². The lowest BCUT2D eigenvalue weighted by Crippen LogP contribution is -2.40. The van der Waals surface area contributed by atoms with Crippen LogP contribution in [0.4, 0.5) is 8.78 Å². The monoisotopic (exact) mass is 377 g/mol. The van der Waals surface area contributed by atoms with Crippen LogP contribution in [0.5, 0.6) is 0 Å².